The van der Waals surface area contributed by atoms with Crippen molar-refractivity contribution in [2.45, 2.75) is 52.4 Å². The molecule has 3 rings (SSSR count). The molecule has 0 radical (unpaired) electrons. The fourth-order valence-corrected chi connectivity index (χ4v) is 3.83. The van der Waals surface area contributed by atoms with E-state index in [0.29, 0.717) is 22.5 Å². The van der Waals surface area contributed by atoms with Crippen LogP contribution in [-0.2, 0) is 10.0 Å². The molecule has 1 aliphatic carbocycles. The van der Waals surface area contributed by atoms with Crippen molar-refractivity contribution < 1.29 is 17.6 Å². The minimum absolute atomic E-state index is 0.264. The van der Waals surface area contributed by atoms with Gasteiger partial charge in [0.2, 0.25) is 15.7 Å². The number of sulfonamides is 1. The number of hydrogen-bond acceptors (Lipinski definition) is 5. The summed E-state index contributed by atoms with van der Waals surface area (Å²) >= 11 is 0. The molecule has 1 fully saturated rings. The van der Waals surface area contributed by atoms with E-state index in [9.17, 15) is 13.2 Å². The van der Waals surface area contributed by atoms with Crippen LogP contribution in [0.2, 0.25) is 0 Å². The number of aldehydes is 1. The third-order valence-corrected chi connectivity index (χ3v) is 6.66. The van der Waals surface area contributed by atoms with Gasteiger partial charge < -0.3 is 4.42 Å². The first-order chi connectivity index (χ1) is 13.7. The topological polar surface area (TPSA) is 80.5 Å². The van der Waals surface area contributed by atoms with E-state index in [1.165, 1.54) is 16.9 Å². The van der Waals surface area contributed by atoms with Crippen LogP contribution in [0, 0.1) is 0 Å². The van der Waals surface area contributed by atoms with Crippen molar-refractivity contribution in [3.05, 3.63) is 40.7 Å². The van der Waals surface area contributed by atoms with Gasteiger partial charge in [-0.3, -0.25) is 9.10 Å². The number of pyridine rings is 1. The first kappa shape index (κ1) is 21.3. The highest BCUT2D eigenvalue weighted by Gasteiger charge is 2.32. The van der Waals surface area contributed by atoms with Gasteiger partial charge in [0.05, 0.1) is 17.2 Å². The second kappa shape index (κ2) is 8.14. The van der Waals surface area contributed by atoms with Crippen LogP contribution in [0.1, 0.15) is 74.1 Å². The zero-order chi connectivity index (χ0) is 21.3. The summed E-state index contributed by atoms with van der Waals surface area (Å²) in [5.74, 6) is 1.12. The number of allylic oxidation sites excluding steroid dienone is 4. The van der Waals surface area contributed by atoms with Gasteiger partial charge >= 0.3 is 0 Å². The Labute approximate surface area is 172 Å². The molecule has 0 amide bonds. The smallest absolute Gasteiger partial charge is 0.233 e. The molecule has 0 N–H and O–H groups in total. The molecule has 0 unspecified atom stereocenters. The molecule has 29 heavy (non-hydrogen) atoms. The predicted octanol–water partition coefficient (Wildman–Crippen LogP) is 5.06. The minimum Gasteiger partial charge on any atom is -0.437 e. The van der Waals surface area contributed by atoms with Gasteiger partial charge in [0, 0.05) is 7.05 Å². The molecule has 0 spiro atoms. The first-order valence-electron chi connectivity index (χ1n) is 9.94. The lowest BCUT2D eigenvalue weighted by Gasteiger charge is -2.18. The van der Waals surface area contributed by atoms with Crippen LogP contribution in [0.25, 0.3) is 16.7 Å². The summed E-state index contributed by atoms with van der Waals surface area (Å²) in [6, 6.07) is 1.88. The Morgan fingerprint density at radius 2 is 1.93 bits per heavy atom. The molecule has 2 heterocycles. The Kier molecular flexibility index (Phi) is 5.98. The quantitative estimate of drug-likeness (QED) is 0.444. The monoisotopic (exact) mass is 416 g/mol. The number of rotatable bonds is 8. The van der Waals surface area contributed by atoms with E-state index >= 15 is 0 Å². The standard InChI is InChI=1S/C22H28N2O4S/c1-6-15(7-2)9-8-14(3)20-19(13-25)18-12-17(16-10-11-16)21(23-22(18)28-20)24(4)29(5,26)27/h8-9,12-13,16H,6-7,10-11H2,1-5H3/b14-8+. The lowest BCUT2D eigenvalue weighted by atomic mass is 10.0. The molecule has 0 aliphatic heterocycles. The molecule has 6 nitrogen and oxygen atoms in total. The lowest BCUT2D eigenvalue weighted by molar-refractivity contribution is 0.112. The average molecular weight is 417 g/mol. The van der Waals surface area contributed by atoms with Gasteiger partial charge in [0.25, 0.3) is 0 Å². The summed E-state index contributed by atoms with van der Waals surface area (Å²) in [7, 11) is -1.97. The van der Waals surface area contributed by atoms with Gasteiger partial charge in [-0.25, -0.2) is 8.42 Å². The molecule has 0 bridgehead atoms. The van der Waals surface area contributed by atoms with E-state index in [0.717, 1.165) is 49.4 Å². The maximum absolute atomic E-state index is 12.1. The van der Waals surface area contributed by atoms with Crippen LogP contribution >= 0.6 is 0 Å². The Morgan fingerprint density at radius 3 is 2.45 bits per heavy atom. The van der Waals surface area contributed by atoms with E-state index in [1.54, 1.807) is 0 Å². The molecular weight excluding hydrogens is 388 g/mol. The molecule has 2 aromatic rings. The number of carbonyl (C=O) groups excluding carboxylic acids is 1. The van der Waals surface area contributed by atoms with Crippen LogP contribution in [-0.4, -0.2) is 33.0 Å². The first-order valence-corrected chi connectivity index (χ1v) is 11.8. The number of hydrogen-bond donors (Lipinski definition) is 0. The van der Waals surface area contributed by atoms with Gasteiger partial charge in [-0.05, 0) is 55.7 Å². The van der Waals surface area contributed by atoms with Crippen molar-refractivity contribution >= 4 is 38.8 Å². The fourth-order valence-electron chi connectivity index (χ4n) is 3.37. The SMILES string of the molecule is CCC(=C/C=C(\C)c1oc2nc(N(C)S(C)(=O)=O)c(C3CC3)cc2c1C=O)CC. The highest BCUT2D eigenvalue weighted by molar-refractivity contribution is 7.92. The second-order valence-electron chi connectivity index (χ2n) is 7.60. The number of carbonyl (C=O) groups is 1. The Bertz CT molecular complexity index is 1100. The van der Waals surface area contributed by atoms with E-state index in [4.69, 9.17) is 4.42 Å². The molecule has 7 heteroatoms. The van der Waals surface area contributed by atoms with Gasteiger partial charge in [0.15, 0.2) is 6.29 Å². The van der Waals surface area contributed by atoms with Crippen LogP contribution < -0.4 is 4.31 Å². The summed E-state index contributed by atoms with van der Waals surface area (Å²) in [5, 5.41) is 0.630. The zero-order valence-corrected chi connectivity index (χ0v) is 18.5. The normalized spacial score (nSPS) is 14.9. The second-order valence-corrected chi connectivity index (χ2v) is 9.62. The third kappa shape index (κ3) is 4.29. The summed E-state index contributed by atoms with van der Waals surface area (Å²) < 4.78 is 31.3. The molecule has 0 aromatic carbocycles. The van der Waals surface area contributed by atoms with Crippen LogP contribution in [0.4, 0.5) is 5.82 Å². The Morgan fingerprint density at radius 1 is 1.28 bits per heavy atom. The van der Waals surface area contributed by atoms with Crippen LogP contribution in [0.5, 0.6) is 0 Å². The summed E-state index contributed by atoms with van der Waals surface area (Å²) in [6.45, 7) is 6.12. The van der Waals surface area contributed by atoms with Crippen molar-refractivity contribution in [2.75, 3.05) is 17.6 Å². The molecule has 1 saturated carbocycles. The maximum atomic E-state index is 12.1. The molecule has 0 saturated heterocycles. The highest BCUT2D eigenvalue weighted by atomic mass is 32.2. The van der Waals surface area contributed by atoms with E-state index in [2.05, 4.69) is 24.9 Å². The summed E-state index contributed by atoms with van der Waals surface area (Å²) in [6.07, 6.45) is 9.86. The average Bonchev–Trinajstić information content (AvgIpc) is 3.46. The predicted molar refractivity (Wildman–Crippen MR) is 117 cm³/mol. The fraction of sp³-hybridized carbons (Fsp3) is 0.455. The number of aromatic nitrogens is 1. The number of furan rings is 1. The van der Waals surface area contributed by atoms with Crippen molar-refractivity contribution in [2.24, 2.45) is 0 Å². The van der Waals surface area contributed by atoms with Crippen molar-refractivity contribution in [3.8, 4) is 0 Å². The van der Waals surface area contributed by atoms with Crippen LogP contribution in [0.15, 0.2) is 28.2 Å². The molecule has 156 valence electrons. The Hall–Kier alpha value is -2.41. The summed E-state index contributed by atoms with van der Waals surface area (Å²) in [4.78, 5) is 16.4. The van der Waals surface area contributed by atoms with Crippen molar-refractivity contribution in [1.29, 1.82) is 0 Å². The minimum atomic E-state index is -3.46. The van der Waals surface area contributed by atoms with Crippen molar-refractivity contribution in [1.82, 2.24) is 4.98 Å². The van der Waals surface area contributed by atoms with Gasteiger partial charge in [0.1, 0.15) is 11.6 Å². The number of anilines is 1. The van der Waals surface area contributed by atoms with Gasteiger partial charge in [-0.2, -0.15) is 4.98 Å². The zero-order valence-electron chi connectivity index (χ0n) is 17.7. The molecule has 0 atom stereocenters. The lowest BCUT2D eigenvalue weighted by Crippen LogP contribution is -2.26. The van der Waals surface area contributed by atoms with Crippen LogP contribution in [0.3, 0.4) is 0 Å². The van der Waals surface area contributed by atoms with E-state index in [-0.39, 0.29) is 11.6 Å². The number of fused-ring (bicyclic) bond motifs is 1. The van der Waals surface area contributed by atoms with E-state index in [1.807, 2.05) is 19.1 Å². The molecular formula is C22H28N2O4S. The number of nitrogens with zero attached hydrogens (tertiary/aromatic N) is 2. The maximum Gasteiger partial charge on any atom is 0.233 e. The Balaban J connectivity index is 2.19. The summed E-state index contributed by atoms with van der Waals surface area (Å²) in [5.41, 5.74) is 3.72. The third-order valence-electron chi connectivity index (χ3n) is 5.50. The highest BCUT2D eigenvalue weighted by Crippen LogP contribution is 2.46. The van der Waals surface area contributed by atoms with Gasteiger partial charge in [-0.15, -0.1) is 0 Å². The molecule has 2 aromatic heterocycles. The van der Waals surface area contributed by atoms with Crippen molar-refractivity contribution in [3.63, 3.8) is 0 Å². The van der Waals surface area contributed by atoms with E-state index < -0.39 is 10.0 Å². The largest absolute Gasteiger partial charge is 0.437 e. The molecule has 1 aliphatic rings. The van der Waals surface area contributed by atoms with Gasteiger partial charge in [-0.1, -0.05) is 31.6 Å².